The van der Waals surface area contributed by atoms with Crippen molar-refractivity contribution in [2.24, 2.45) is 11.8 Å². The molecule has 20 heavy (non-hydrogen) atoms. The van der Waals surface area contributed by atoms with E-state index in [9.17, 15) is 0 Å². The molecule has 0 bridgehead atoms. The van der Waals surface area contributed by atoms with Crippen LogP contribution in [0.4, 0.5) is 0 Å². The van der Waals surface area contributed by atoms with Crippen LogP contribution in [-0.4, -0.2) is 6.04 Å². The highest BCUT2D eigenvalue weighted by molar-refractivity contribution is 5.24. The van der Waals surface area contributed by atoms with Gasteiger partial charge in [0.15, 0.2) is 0 Å². The van der Waals surface area contributed by atoms with Crippen molar-refractivity contribution in [1.29, 1.82) is 0 Å². The van der Waals surface area contributed by atoms with Crippen molar-refractivity contribution in [3.63, 3.8) is 0 Å². The van der Waals surface area contributed by atoms with E-state index in [1.165, 1.54) is 36.8 Å². The SMILES string of the molecule is CCc1ccc(C(C)NC2CCCC(C(C)C)C2)cc1. The van der Waals surface area contributed by atoms with Crippen molar-refractivity contribution in [2.45, 2.75) is 71.9 Å². The molecule has 1 nitrogen and oxygen atoms in total. The topological polar surface area (TPSA) is 12.0 Å². The molecule has 3 unspecified atom stereocenters. The molecule has 1 aliphatic carbocycles. The van der Waals surface area contributed by atoms with Gasteiger partial charge in [-0.25, -0.2) is 0 Å². The van der Waals surface area contributed by atoms with E-state index in [0.29, 0.717) is 12.1 Å². The minimum atomic E-state index is 0.469. The molecule has 0 aliphatic heterocycles. The van der Waals surface area contributed by atoms with Gasteiger partial charge in [0.05, 0.1) is 0 Å². The molecule has 1 aromatic rings. The van der Waals surface area contributed by atoms with Crippen LogP contribution in [0, 0.1) is 11.8 Å². The molecule has 0 amide bonds. The first-order chi connectivity index (χ1) is 9.60. The van der Waals surface area contributed by atoms with Gasteiger partial charge in [-0.05, 0) is 49.1 Å². The summed E-state index contributed by atoms with van der Waals surface area (Å²) < 4.78 is 0. The number of hydrogen-bond donors (Lipinski definition) is 1. The lowest BCUT2D eigenvalue weighted by atomic mass is 9.79. The second kappa shape index (κ2) is 7.26. The van der Waals surface area contributed by atoms with Crippen molar-refractivity contribution in [2.75, 3.05) is 0 Å². The van der Waals surface area contributed by atoms with Gasteiger partial charge in [0.1, 0.15) is 0 Å². The van der Waals surface area contributed by atoms with E-state index >= 15 is 0 Å². The predicted molar refractivity (Wildman–Crippen MR) is 88.0 cm³/mol. The summed E-state index contributed by atoms with van der Waals surface area (Å²) in [7, 11) is 0. The Labute approximate surface area is 125 Å². The fraction of sp³-hybridized carbons (Fsp3) is 0.684. The zero-order valence-corrected chi connectivity index (χ0v) is 13.7. The Morgan fingerprint density at radius 2 is 1.80 bits per heavy atom. The number of benzene rings is 1. The number of nitrogens with one attached hydrogen (secondary N) is 1. The molecular weight excluding hydrogens is 242 g/mol. The van der Waals surface area contributed by atoms with Crippen LogP contribution in [-0.2, 0) is 6.42 Å². The maximum absolute atomic E-state index is 3.86. The van der Waals surface area contributed by atoms with Gasteiger partial charge in [-0.2, -0.15) is 0 Å². The average molecular weight is 273 g/mol. The second-order valence-electron chi connectivity index (χ2n) is 6.85. The molecular formula is C19H31N. The highest BCUT2D eigenvalue weighted by Gasteiger charge is 2.25. The van der Waals surface area contributed by atoms with Crippen molar-refractivity contribution in [3.05, 3.63) is 35.4 Å². The summed E-state index contributed by atoms with van der Waals surface area (Å²) in [4.78, 5) is 0. The van der Waals surface area contributed by atoms with Gasteiger partial charge in [0, 0.05) is 12.1 Å². The summed E-state index contributed by atoms with van der Waals surface area (Å²) in [6.07, 6.45) is 6.65. The fourth-order valence-corrected chi connectivity index (χ4v) is 3.48. The second-order valence-corrected chi connectivity index (χ2v) is 6.85. The van der Waals surface area contributed by atoms with E-state index in [0.717, 1.165) is 18.3 Å². The minimum Gasteiger partial charge on any atom is -0.307 e. The Bertz CT molecular complexity index is 393. The molecule has 1 saturated carbocycles. The molecule has 1 aliphatic rings. The third-order valence-electron chi connectivity index (χ3n) is 5.03. The first-order valence-corrected chi connectivity index (χ1v) is 8.45. The van der Waals surface area contributed by atoms with Crippen molar-refractivity contribution >= 4 is 0 Å². The molecule has 1 N–H and O–H groups in total. The lowest BCUT2D eigenvalue weighted by Crippen LogP contribution is -2.37. The van der Waals surface area contributed by atoms with Crippen LogP contribution in [0.1, 0.15) is 70.5 Å². The molecule has 0 saturated heterocycles. The van der Waals surface area contributed by atoms with Gasteiger partial charge in [-0.1, -0.05) is 57.9 Å². The lowest BCUT2D eigenvalue weighted by Gasteiger charge is -2.34. The van der Waals surface area contributed by atoms with E-state index in [1.54, 1.807) is 0 Å². The highest BCUT2D eigenvalue weighted by atomic mass is 14.9. The van der Waals surface area contributed by atoms with Gasteiger partial charge in [-0.15, -0.1) is 0 Å². The summed E-state index contributed by atoms with van der Waals surface area (Å²) in [6, 6.07) is 10.3. The lowest BCUT2D eigenvalue weighted by molar-refractivity contribution is 0.223. The molecule has 2 rings (SSSR count). The third kappa shape index (κ3) is 4.09. The largest absolute Gasteiger partial charge is 0.307 e. The van der Waals surface area contributed by atoms with Gasteiger partial charge < -0.3 is 5.32 Å². The zero-order valence-electron chi connectivity index (χ0n) is 13.7. The Hall–Kier alpha value is -0.820. The first-order valence-electron chi connectivity index (χ1n) is 8.45. The maximum atomic E-state index is 3.86. The van der Waals surface area contributed by atoms with Crippen LogP contribution in [0.3, 0.4) is 0 Å². The van der Waals surface area contributed by atoms with E-state index in [-0.39, 0.29) is 0 Å². The van der Waals surface area contributed by atoms with Crippen LogP contribution >= 0.6 is 0 Å². The molecule has 112 valence electrons. The quantitative estimate of drug-likeness (QED) is 0.785. The molecule has 3 atom stereocenters. The van der Waals surface area contributed by atoms with Gasteiger partial charge in [0.2, 0.25) is 0 Å². The van der Waals surface area contributed by atoms with Crippen LogP contribution in [0.2, 0.25) is 0 Å². The van der Waals surface area contributed by atoms with E-state index in [1.807, 2.05) is 0 Å². The summed E-state index contributed by atoms with van der Waals surface area (Å²) in [6.45, 7) is 9.27. The maximum Gasteiger partial charge on any atom is 0.0294 e. The van der Waals surface area contributed by atoms with E-state index in [2.05, 4.69) is 57.3 Å². The standard InChI is InChI=1S/C19H31N/c1-5-16-9-11-17(12-10-16)15(4)20-19-8-6-7-18(13-19)14(2)3/h9-12,14-15,18-20H,5-8,13H2,1-4H3. The van der Waals surface area contributed by atoms with Gasteiger partial charge in [0.25, 0.3) is 0 Å². The van der Waals surface area contributed by atoms with E-state index < -0.39 is 0 Å². The van der Waals surface area contributed by atoms with Crippen molar-refractivity contribution in [1.82, 2.24) is 5.32 Å². The van der Waals surface area contributed by atoms with Crippen LogP contribution < -0.4 is 5.32 Å². The summed E-state index contributed by atoms with van der Waals surface area (Å²) >= 11 is 0. The molecule has 0 radical (unpaired) electrons. The number of rotatable bonds is 5. The monoisotopic (exact) mass is 273 g/mol. The Morgan fingerprint density at radius 1 is 1.10 bits per heavy atom. The van der Waals surface area contributed by atoms with Gasteiger partial charge >= 0.3 is 0 Å². The Morgan fingerprint density at radius 3 is 2.40 bits per heavy atom. The molecule has 0 heterocycles. The smallest absolute Gasteiger partial charge is 0.0294 e. The van der Waals surface area contributed by atoms with Crippen LogP contribution in [0.5, 0.6) is 0 Å². The molecule has 0 aromatic heterocycles. The summed E-state index contributed by atoms with van der Waals surface area (Å²) in [5.41, 5.74) is 2.85. The highest BCUT2D eigenvalue weighted by Crippen LogP contribution is 2.31. The summed E-state index contributed by atoms with van der Waals surface area (Å²) in [5.74, 6) is 1.75. The molecule has 1 fully saturated rings. The average Bonchev–Trinajstić information content (AvgIpc) is 2.47. The molecule has 1 aromatic carbocycles. The van der Waals surface area contributed by atoms with Gasteiger partial charge in [-0.3, -0.25) is 0 Å². The first kappa shape index (κ1) is 15.6. The molecule has 1 heteroatoms. The molecule has 0 spiro atoms. The Balaban J connectivity index is 1.91. The Kier molecular flexibility index (Phi) is 5.65. The minimum absolute atomic E-state index is 0.469. The predicted octanol–water partition coefficient (Wildman–Crippen LogP) is 5.11. The van der Waals surface area contributed by atoms with Crippen molar-refractivity contribution in [3.8, 4) is 0 Å². The normalized spacial score (nSPS) is 24.9. The summed E-state index contributed by atoms with van der Waals surface area (Å²) in [5, 5.41) is 3.86. The third-order valence-corrected chi connectivity index (χ3v) is 5.03. The van der Waals surface area contributed by atoms with Crippen LogP contribution in [0.25, 0.3) is 0 Å². The van der Waals surface area contributed by atoms with Crippen molar-refractivity contribution < 1.29 is 0 Å². The number of hydrogen-bond acceptors (Lipinski definition) is 1. The number of aryl methyl sites for hydroxylation is 1. The fourth-order valence-electron chi connectivity index (χ4n) is 3.48. The zero-order chi connectivity index (χ0) is 14.5. The van der Waals surface area contributed by atoms with E-state index in [4.69, 9.17) is 0 Å². The van der Waals surface area contributed by atoms with Crippen LogP contribution in [0.15, 0.2) is 24.3 Å².